The SMILES string of the molecule is CC(C)(O[Si](C)(C)C(C)(C)O[Si](C)(C)C)C(C)(C)[Si](C)(CCCN)OC(C)(C)[Si](C)(C)C. The molecule has 0 spiro atoms. The van der Waals surface area contributed by atoms with Gasteiger partial charge in [0.15, 0.2) is 16.6 Å². The molecule has 0 aromatic carbocycles. The van der Waals surface area contributed by atoms with E-state index in [-0.39, 0.29) is 21.1 Å². The van der Waals surface area contributed by atoms with Crippen molar-refractivity contribution in [2.24, 2.45) is 5.73 Å². The predicted octanol–water partition coefficient (Wildman–Crippen LogP) is 7.53. The molecule has 0 aromatic heterocycles. The molecule has 0 radical (unpaired) electrons. The lowest BCUT2D eigenvalue weighted by atomic mass is 9.93. The monoisotopic (exact) mass is 521 g/mol. The molecule has 4 nitrogen and oxygen atoms in total. The highest BCUT2D eigenvalue weighted by Gasteiger charge is 2.59. The van der Waals surface area contributed by atoms with Gasteiger partial charge in [-0.3, -0.25) is 0 Å². The molecule has 2 N–H and O–H groups in total. The minimum Gasteiger partial charge on any atom is -0.414 e. The average molecular weight is 522 g/mol. The maximum atomic E-state index is 7.28. The molecule has 0 aliphatic rings. The van der Waals surface area contributed by atoms with Crippen LogP contribution < -0.4 is 5.73 Å². The molecule has 1 atom stereocenters. The van der Waals surface area contributed by atoms with Gasteiger partial charge >= 0.3 is 0 Å². The van der Waals surface area contributed by atoms with Gasteiger partial charge in [0.2, 0.25) is 8.32 Å². The second-order valence-electron chi connectivity index (χ2n) is 14.5. The summed E-state index contributed by atoms with van der Waals surface area (Å²) >= 11 is 0. The van der Waals surface area contributed by atoms with Crippen molar-refractivity contribution in [1.82, 2.24) is 0 Å². The Morgan fingerprint density at radius 1 is 0.625 bits per heavy atom. The lowest BCUT2D eigenvalue weighted by Crippen LogP contribution is -2.67. The summed E-state index contributed by atoms with van der Waals surface area (Å²) in [6, 6.07) is 1.05. The molecule has 0 aromatic rings. The van der Waals surface area contributed by atoms with Crippen LogP contribution in [0.3, 0.4) is 0 Å². The van der Waals surface area contributed by atoms with E-state index in [4.69, 9.17) is 19.0 Å². The Hall–Kier alpha value is 0.708. The van der Waals surface area contributed by atoms with Crippen LogP contribution in [0.2, 0.25) is 70.0 Å². The summed E-state index contributed by atoms with van der Waals surface area (Å²) in [5.74, 6) is 0. The minimum absolute atomic E-state index is 0.108. The van der Waals surface area contributed by atoms with E-state index in [0.29, 0.717) is 6.54 Å². The van der Waals surface area contributed by atoms with Crippen LogP contribution in [0.15, 0.2) is 0 Å². The van der Waals surface area contributed by atoms with E-state index in [9.17, 15) is 0 Å². The Morgan fingerprint density at radius 2 is 1.06 bits per heavy atom. The fourth-order valence-corrected chi connectivity index (χ4v) is 15.6. The van der Waals surface area contributed by atoms with Gasteiger partial charge in [0, 0.05) is 10.3 Å². The van der Waals surface area contributed by atoms with Crippen LogP contribution in [0.4, 0.5) is 0 Å². The molecule has 0 bridgehead atoms. The molecule has 194 valence electrons. The standard InChI is InChI=1S/C24H59NO3Si4/c1-21(2,26-31(15,16)24(7,8)27-30(12,13)14)22(3,4)32(17,20-18-19-25)28-23(5,6)29(9,10)11/h18-20,25H2,1-17H3. The van der Waals surface area contributed by atoms with Crippen molar-refractivity contribution in [1.29, 1.82) is 0 Å². The first-order chi connectivity index (χ1) is 13.7. The minimum atomic E-state index is -2.26. The zero-order valence-electron chi connectivity index (χ0n) is 24.9. The Labute approximate surface area is 206 Å². The first-order valence-corrected chi connectivity index (χ1v) is 24.9. The molecule has 0 fully saturated rings. The van der Waals surface area contributed by atoms with Crippen molar-refractivity contribution in [3.05, 3.63) is 0 Å². The Morgan fingerprint density at radius 3 is 1.41 bits per heavy atom. The summed E-state index contributed by atoms with van der Waals surface area (Å²) in [4.78, 5) is 0. The molecular formula is C24H59NO3Si4. The normalized spacial score (nSPS) is 17.4. The number of nitrogens with two attached hydrogens (primary N) is 1. The van der Waals surface area contributed by atoms with Crippen molar-refractivity contribution in [2.45, 2.75) is 148 Å². The van der Waals surface area contributed by atoms with Crippen molar-refractivity contribution >= 4 is 33.0 Å². The lowest BCUT2D eigenvalue weighted by molar-refractivity contribution is 0.0157. The van der Waals surface area contributed by atoms with Crippen LogP contribution in [0.1, 0.15) is 61.8 Å². The van der Waals surface area contributed by atoms with Crippen molar-refractivity contribution < 1.29 is 13.3 Å². The third-order valence-electron chi connectivity index (χ3n) is 8.49. The van der Waals surface area contributed by atoms with E-state index in [0.717, 1.165) is 12.5 Å². The summed E-state index contributed by atoms with van der Waals surface area (Å²) in [6.07, 6.45) is 0.995. The smallest absolute Gasteiger partial charge is 0.216 e. The highest BCUT2D eigenvalue weighted by molar-refractivity contribution is 6.82. The molecule has 1 unspecified atom stereocenters. The number of rotatable bonds is 13. The van der Waals surface area contributed by atoms with Crippen LogP contribution in [-0.2, 0) is 13.3 Å². The third kappa shape index (κ3) is 7.60. The fourth-order valence-electron chi connectivity index (χ4n) is 4.06. The number of hydrogen-bond donors (Lipinski definition) is 1. The Bertz CT molecular complexity index is 620. The molecule has 0 heterocycles. The van der Waals surface area contributed by atoms with Gasteiger partial charge in [-0.2, -0.15) is 0 Å². The van der Waals surface area contributed by atoms with Crippen LogP contribution in [0, 0.1) is 0 Å². The van der Waals surface area contributed by atoms with E-state index >= 15 is 0 Å². The number of hydrogen-bond acceptors (Lipinski definition) is 4. The van der Waals surface area contributed by atoms with Gasteiger partial charge in [0.25, 0.3) is 0 Å². The van der Waals surface area contributed by atoms with Gasteiger partial charge in [-0.25, -0.2) is 0 Å². The lowest BCUT2D eigenvalue weighted by Gasteiger charge is -2.58. The van der Waals surface area contributed by atoms with Crippen LogP contribution in [0.25, 0.3) is 0 Å². The quantitative estimate of drug-likeness (QED) is 0.254. The van der Waals surface area contributed by atoms with E-state index < -0.39 is 33.0 Å². The summed E-state index contributed by atoms with van der Waals surface area (Å²) < 4.78 is 21.1. The van der Waals surface area contributed by atoms with Gasteiger partial charge in [-0.05, 0) is 99.8 Å². The first kappa shape index (κ1) is 32.7. The van der Waals surface area contributed by atoms with E-state index in [1.165, 1.54) is 0 Å². The first-order valence-electron chi connectivity index (χ1n) is 12.5. The second kappa shape index (κ2) is 9.99. The van der Waals surface area contributed by atoms with E-state index in [1.54, 1.807) is 0 Å². The summed E-state index contributed by atoms with van der Waals surface area (Å²) in [6.45, 7) is 40.2. The molecule has 0 saturated heterocycles. The Balaban J connectivity index is 6.28. The molecule has 0 aliphatic heterocycles. The van der Waals surface area contributed by atoms with Crippen molar-refractivity contribution in [2.75, 3.05) is 6.54 Å². The molecule has 0 amide bonds. The summed E-state index contributed by atoms with van der Waals surface area (Å²) in [7, 11) is -7.74. The van der Waals surface area contributed by atoms with Crippen molar-refractivity contribution in [3.63, 3.8) is 0 Å². The fraction of sp³-hybridized carbons (Fsp3) is 1.00. The zero-order chi connectivity index (χ0) is 26.2. The van der Waals surface area contributed by atoms with Crippen LogP contribution in [0.5, 0.6) is 0 Å². The predicted molar refractivity (Wildman–Crippen MR) is 154 cm³/mol. The molecule has 0 aliphatic carbocycles. The maximum absolute atomic E-state index is 7.28. The van der Waals surface area contributed by atoms with Gasteiger partial charge in [0.05, 0.1) is 18.9 Å². The molecular weight excluding hydrogens is 463 g/mol. The molecule has 0 saturated carbocycles. The van der Waals surface area contributed by atoms with Crippen LogP contribution in [-0.4, -0.2) is 55.6 Å². The summed E-state index contributed by atoms with van der Waals surface area (Å²) in [5.41, 5.74) is 5.64. The average Bonchev–Trinajstić information content (AvgIpc) is 2.47. The van der Waals surface area contributed by atoms with Gasteiger partial charge in [-0.15, -0.1) is 0 Å². The molecule has 0 rings (SSSR count). The van der Waals surface area contributed by atoms with E-state index in [2.05, 4.69) is 114 Å². The summed E-state index contributed by atoms with van der Waals surface area (Å²) in [5, 5.41) is -0.493. The topological polar surface area (TPSA) is 53.7 Å². The van der Waals surface area contributed by atoms with Crippen molar-refractivity contribution in [3.8, 4) is 0 Å². The van der Waals surface area contributed by atoms with Gasteiger partial charge in [0.1, 0.15) is 0 Å². The van der Waals surface area contributed by atoms with E-state index in [1.807, 2.05) is 0 Å². The molecule has 32 heavy (non-hydrogen) atoms. The third-order valence-corrected chi connectivity index (χ3v) is 23.3. The largest absolute Gasteiger partial charge is 0.414 e. The molecule has 8 heteroatoms. The van der Waals surface area contributed by atoms with Crippen LogP contribution >= 0.6 is 0 Å². The second-order valence-corrected chi connectivity index (χ2v) is 33.4. The highest BCUT2D eigenvalue weighted by Crippen LogP contribution is 2.54. The zero-order valence-corrected chi connectivity index (χ0v) is 28.9. The van der Waals surface area contributed by atoms with Gasteiger partial charge < -0.3 is 19.0 Å². The maximum Gasteiger partial charge on any atom is 0.216 e. The Kier molecular flexibility index (Phi) is 10.2. The van der Waals surface area contributed by atoms with Gasteiger partial charge in [-0.1, -0.05) is 33.5 Å². The highest BCUT2D eigenvalue weighted by atomic mass is 28.4.